The van der Waals surface area contributed by atoms with Crippen LogP contribution >= 0.6 is 0 Å². The predicted molar refractivity (Wildman–Crippen MR) is 106 cm³/mol. The number of ether oxygens (including phenoxy) is 1. The molecule has 1 N–H and O–H groups in total. The number of fused-ring (bicyclic) bond motifs is 3. The Morgan fingerprint density at radius 1 is 1.07 bits per heavy atom. The molecule has 2 heterocycles. The highest BCUT2D eigenvalue weighted by Crippen LogP contribution is 2.29. The van der Waals surface area contributed by atoms with Crippen molar-refractivity contribution in [1.82, 2.24) is 8.87 Å². The number of β-amino-alcohol motifs (C(OH)–C–C–N with tert-alkyl or cyclic N) is 1. The molecule has 0 spiro atoms. The van der Waals surface area contributed by atoms with Gasteiger partial charge in [0.25, 0.3) is 0 Å². The molecule has 3 aromatic rings. The fourth-order valence-electron chi connectivity index (χ4n) is 3.93. The zero-order valence-corrected chi connectivity index (χ0v) is 16.1. The molecule has 2 atom stereocenters. The highest BCUT2D eigenvalue weighted by Gasteiger charge is 2.33. The van der Waals surface area contributed by atoms with Crippen LogP contribution in [0.15, 0.2) is 48.5 Å². The Bertz CT molecular complexity index is 1010. The summed E-state index contributed by atoms with van der Waals surface area (Å²) in [5, 5.41) is 13.0. The van der Waals surface area contributed by atoms with E-state index in [-0.39, 0.29) is 18.4 Å². The van der Waals surface area contributed by atoms with Crippen molar-refractivity contribution in [3.05, 3.63) is 48.5 Å². The van der Waals surface area contributed by atoms with Gasteiger partial charge in [0, 0.05) is 42.0 Å². The van der Waals surface area contributed by atoms with Crippen LogP contribution in [0.1, 0.15) is 6.42 Å². The van der Waals surface area contributed by atoms with Crippen LogP contribution in [0.3, 0.4) is 0 Å². The number of benzene rings is 2. The Morgan fingerprint density at radius 2 is 1.67 bits per heavy atom. The van der Waals surface area contributed by atoms with E-state index in [2.05, 4.69) is 16.7 Å². The second kappa shape index (κ2) is 7.24. The minimum atomic E-state index is -3.34. The molecule has 6 nitrogen and oxygen atoms in total. The van der Waals surface area contributed by atoms with Gasteiger partial charge in [0.05, 0.1) is 24.5 Å². The lowest BCUT2D eigenvalue weighted by Gasteiger charge is -2.32. The first-order valence-electron chi connectivity index (χ1n) is 9.14. The highest BCUT2D eigenvalue weighted by atomic mass is 32.2. The number of hydrogen-bond acceptors (Lipinski definition) is 4. The third-order valence-electron chi connectivity index (χ3n) is 5.32. The minimum Gasteiger partial charge on any atom is -0.390 e. The third kappa shape index (κ3) is 3.48. The molecular formula is C20H24N2O4S. The molecule has 1 aliphatic heterocycles. The summed E-state index contributed by atoms with van der Waals surface area (Å²) in [5.41, 5.74) is 2.07. The van der Waals surface area contributed by atoms with Gasteiger partial charge in [-0.1, -0.05) is 36.4 Å². The molecule has 1 fully saturated rings. The molecule has 144 valence electrons. The van der Waals surface area contributed by atoms with Crippen molar-refractivity contribution in [2.45, 2.75) is 25.2 Å². The van der Waals surface area contributed by atoms with E-state index in [1.807, 2.05) is 36.4 Å². The maximum Gasteiger partial charge on any atom is 0.214 e. The molecule has 4 rings (SSSR count). The van der Waals surface area contributed by atoms with Gasteiger partial charge in [-0.25, -0.2) is 8.42 Å². The van der Waals surface area contributed by atoms with Crippen LogP contribution in [0, 0.1) is 0 Å². The number of aromatic nitrogens is 1. The summed E-state index contributed by atoms with van der Waals surface area (Å²) in [6.07, 6.45) is -0.429. The van der Waals surface area contributed by atoms with Crippen LogP contribution in [0.5, 0.6) is 0 Å². The molecule has 1 aliphatic rings. The third-order valence-corrected chi connectivity index (χ3v) is 7.16. The topological polar surface area (TPSA) is 71.8 Å². The van der Waals surface area contributed by atoms with Crippen molar-refractivity contribution >= 4 is 31.8 Å². The summed E-state index contributed by atoms with van der Waals surface area (Å²) in [4.78, 5) is 0. The Labute approximate surface area is 159 Å². The number of para-hydroxylation sites is 2. The average molecular weight is 388 g/mol. The molecule has 27 heavy (non-hydrogen) atoms. The number of methoxy groups -OCH3 is 1. The van der Waals surface area contributed by atoms with Gasteiger partial charge in [-0.05, 0) is 18.6 Å². The number of hydrogen-bond donors (Lipinski definition) is 1. The molecular weight excluding hydrogens is 364 g/mol. The fraction of sp³-hybridized carbons (Fsp3) is 0.400. The lowest BCUT2D eigenvalue weighted by Crippen LogP contribution is -2.48. The Morgan fingerprint density at radius 3 is 2.26 bits per heavy atom. The average Bonchev–Trinajstić information content (AvgIpc) is 2.98. The fourth-order valence-corrected chi connectivity index (χ4v) is 5.54. The van der Waals surface area contributed by atoms with Gasteiger partial charge in [-0.3, -0.25) is 0 Å². The van der Waals surface area contributed by atoms with Crippen molar-refractivity contribution in [2.24, 2.45) is 0 Å². The number of aliphatic hydroxyl groups excluding tert-OH is 1. The van der Waals surface area contributed by atoms with Gasteiger partial charge in [-0.15, -0.1) is 0 Å². The van der Waals surface area contributed by atoms with Crippen molar-refractivity contribution in [3.63, 3.8) is 0 Å². The quantitative estimate of drug-likeness (QED) is 0.727. The molecule has 0 aliphatic carbocycles. The zero-order valence-electron chi connectivity index (χ0n) is 15.3. The van der Waals surface area contributed by atoms with Crippen LogP contribution in [-0.2, 0) is 21.3 Å². The summed E-state index contributed by atoms with van der Waals surface area (Å²) < 4.78 is 33.5. The van der Waals surface area contributed by atoms with Crippen LogP contribution in [-0.4, -0.2) is 60.6 Å². The Kier molecular flexibility index (Phi) is 4.94. The van der Waals surface area contributed by atoms with Gasteiger partial charge >= 0.3 is 0 Å². The molecule has 0 bridgehead atoms. The van der Waals surface area contributed by atoms with Crippen LogP contribution in [0.2, 0.25) is 0 Å². The molecule has 1 aromatic heterocycles. The molecule has 0 saturated carbocycles. The minimum absolute atomic E-state index is 0.0631. The van der Waals surface area contributed by atoms with Gasteiger partial charge in [-0.2, -0.15) is 4.31 Å². The standard InChI is InChI=1S/C20H24N2O4S/c1-26-16-10-11-27(24,25)21(14-16)12-15(23)13-22-19-8-4-2-6-17(19)18-7-3-5-9-20(18)22/h2-9,15-16,23H,10-14H2,1H3. The van der Waals surface area contributed by atoms with Crippen molar-refractivity contribution < 1.29 is 18.3 Å². The Hall–Kier alpha value is -1.93. The summed E-state index contributed by atoms with van der Waals surface area (Å²) in [6, 6.07) is 16.1. The molecule has 0 radical (unpaired) electrons. The van der Waals surface area contributed by atoms with E-state index in [0.29, 0.717) is 19.5 Å². The van der Waals surface area contributed by atoms with Crippen molar-refractivity contribution in [3.8, 4) is 0 Å². The number of rotatable bonds is 5. The lowest BCUT2D eigenvalue weighted by molar-refractivity contribution is 0.0586. The maximum absolute atomic E-state index is 12.4. The van der Waals surface area contributed by atoms with Crippen molar-refractivity contribution in [1.29, 1.82) is 0 Å². The van der Waals surface area contributed by atoms with E-state index in [1.54, 1.807) is 7.11 Å². The summed E-state index contributed by atoms with van der Waals surface area (Å²) in [5.74, 6) is 0.0631. The van der Waals surface area contributed by atoms with Crippen LogP contribution in [0.25, 0.3) is 21.8 Å². The Balaban J connectivity index is 1.62. The van der Waals surface area contributed by atoms with Crippen molar-refractivity contribution in [2.75, 3.05) is 26.0 Å². The van der Waals surface area contributed by atoms with Gasteiger partial charge in [0.1, 0.15) is 0 Å². The van der Waals surface area contributed by atoms with E-state index in [1.165, 1.54) is 4.31 Å². The van der Waals surface area contributed by atoms with E-state index >= 15 is 0 Å². The summed E-state index contributed by atoms with van der Waals surface area (Å²) in [6.45, 7) is 0.698. The lowest BCUT2D eigenvalue weighted by atomic mass is 10.2. The first-order valence-corrected chi connectivity index (χ1v) is 10.7. The van der Waals surface area contributed by atoms with E-state index < -0.39 is 16.1 Å². The summed E-state index contributed by atoms with van der Waals surface area (Å²) in [7, 11) is -1.75. The molecule has 2 unspecified atom stereocenters. The van der Waals surface area contributed by atoms with Gasteiger partial charge < -0.3 is 14.4 Å². The molecule has 2 aromatic carbocycles. The first kappa shape index (κ1) is 18.4. The zero-order chi connectivity index (χ0) is 19.0. The van der Waals surface area contributed by atoms with Crippen LogP contribution < -0.4 is 0 Å². The normalized spacial score (nSPS) is 21.6. The van der Waals surface area contributed by atoms with Gasteiger partial charge in [0.15, 0.2) is 0 Å². The molecule has 0 amide bonds. The SMILES string of the molecule is COC1CCS(=O)(=O)N(CC(O)Cn2c3ccccc3c3ccccc32)C1. The second-order valence-electron chi connectivity index (χ2n) is 7.08. The highest BCUT2D eigenvalue weighted by molar-refractivity contribution is 7.89. The summed E-state index contributed by atoms with van der Waals surface area (Å²) >= 11 is 0. The predicted octanol–water partition coefficient (Wildman–Crippen LogP) is 2.21. The molecule has 7 heteroatoms. The smallest absolute Gasteiger partial charge is 0.214 e. The largest absolute Gasteiger partial charge is 0.390 e. The van der Waals surface area contributed by atoms with E-state index in [9.17, 15) is 13.5 Å². The molecule has 1 saturated heterocycles. The first-order chi connectivity index (χ1) is 13.0. The van der Waals surface area contributed by atoms with E-state index in [0.717, 1.165) is 21.8 Å². The number of nitrogens with zero attached hydrogens (tertiary/aromatic N) is 2. The maximum atomic E-state index is 12.4. The second-order valence-corrected chi connectivity index (χ2v) is 9.17. The van der Waals surface area contributed by atoms with E-state index in [4.69, 9.17) is 4.74 Å². The number of sulfonamides is 1. The van der Waals surface area contributed by atoms with Crippen LogP contribution in [0.4, 0.5) is 0 Å². The number of aliphatic hydroxyl groups is 1. The monoisotopic (exact) mass is 388 g/mol. The van der Waals surface area contributed by atoms with Gasteiger partial charge in [0.2, 0.25) is 10.0 Å².